The second kappa shape index (κ2) is 5.96. The van der Waals surface area contributed by atoms with E-state index in [1.54, 1.807) is 0 Å². The molecule has 0 amide bonds. The van der Waals surface area contributed by atoms with Gasteiger partial charge in [0.2, 0.25) is 5.89 Å². The Balaban J connectivity index is 1.69. The Morgan fingerprint density at radius 3 is 2.94 bits per heavy atom. The Kier molecular flexibility index (Phi) is 4.30. The Morgan fingerprint density at radius 1 is 1.50 bits per heavy atom. The maximum atomic E-state index is 5.01. The third-order valence-corrected chi connectivity index (χ3v) is 3.16. The van der Waals surface area contributed by atoms with Crippen molar-refractivity contribution >= 4 is 0 Å². The molecule has 1 aromatic heterocycles. The van der Waals surface area contributed by atoms with Crippen LogP contribution in [0.4, 0.5) is 0 Å². The zero-order chi connectivity index (χ0) is 11.2. The summed E-state index contributed by atoms with van der Waals surface area (Å²) in [6, 6.07) is 0. The fourth-order valence-electron chi connectivity index (χ4n) is 2.15. The molecule has 0 aliphatic carbocycles. The molecule has 0 bridgehead atoms. The molecule has 16 heavy (non-hydrogen) atoms. The van der Waals surface area contributed by atoms with Crippen molar-refractivity contribution in [2.24, 2.45) is 5.92 Å². The molecule has 0 saturated carbocycles. The molecule has 1 aliphatic rings. The van der Waals surface area contributed by atoms with Crippen molar-refractivity contribution in [1.82, 2.24) is 20.4 Å². The highest BCUT2D eigenvalue weighted by Crippen LogP contribution is 2.17. The van der Waals surface area contributed by atoms with Crippen LogP contribution >= 0.6 is 0 Å². The second-order valence-corrected chi connectivity index (χ2v) is 4.36. The van der Waals surface area contributed by atoms with Gasteiger partial charge in [0, 0.05) is 0 Å². The quantitative estimate of drug-likeness (QED) is 0.805. The minimum atomic E-state index is 0.727. The molecule has 0 unspecified atom stereocenters. The fourth-order valence-corrected chi connectivity index (χ4v) is 2.15. The van der Waals surface area contributed by atoms with E-state index in [2.05, 4.69) is 27.3 Å². The van der Waals surface area contributed by atoms with Gasteiger partial charge in [-0.15, -0.1) is 0 Å². The molecule has 0 radical (unpaired) electrons. The van der Waals surface area contributed by atoms with Gasteiger partial charge >= 0.3 is 0 Å². The summed E-state index contributed by atoms with van der Waals surface area (Å²) in [5.74, 6) is 1.56. The number of hydrogen-bond donors (Lipinski definition) is 1. The number of nitrogens with zero attached hydrogens (tertiary/aromatic N) is 3. The maximum Gasteiger partial charge on any atom is 0.240 e. The molecule has 1 saturated heterocycles. The predicted molar refractivity (Wildman–Crippen MR) is 60.8 cm³/mol. The van der Waals surface area contributed by atoms with E-state index in [1.165, 1.54) is 19.2 Å². The standard InChI is InChI=1S/C11H20N4O/c1-2-12-7-10-3-5-15(6-4-10)8-11-13-9-14-16-11/h9-10,12H,2-8H2,1H3. The molecule has 1 N–H and O–H groups in total. The summed E-state index contributed by atoms with van der Waals surface area (Å²) >= 11 is 0. The van der Waals surface area contributed by atoms with Gasteiger partial charge in [0.05, 0.1) is 6.54 Å². The number of piperidine rings is 1. The van der Waals surface area contributed by atoms with Gasteiger partial charge in [-0.05, 0) is 44.9 Å². The van der Waals surface area contributed by atoms with E-state index < -0.39 is 0 Å². The van der Waals surface area contributed by atoms with Crippen LogP contribution in [-0.4, -0.2) is 41.2 Å². The smallest absolute Gasteiger partial charge is 0.240 e. The Labute approximate surface area is 96.2 Å². The monoisotopic (exact) mass is 224 g/mol. The number of likely N-dealkylation sites (tertiary alicyclic amines) is 1. The first-order valence-electron chi connectivity index (χ1n) is 6.07. The van der Waals surface area contributed by atoms with Gasteiger partial charge in [-0.25, -0.2) is 0 Å². The molecule has 1 aliphatic heterocycles. The zero-order valence-corrected chi connectivity index (χ0v) is 9.85. The van der Waals surface area contributed by atoms with Gasteiger partial charge in [-0.2, -0.15) is 4.98 Å². The van der Waals surface area contributed by atoms with Gasteiger partial charge in [0.15, 0.2) is 6.33 Å². The lowest BCUT2D eigenvalue weighted by molar-refractivity contribution is 0.158. The average Bonchev–Trinajstić information content (AvgIpc) is 2.81. The molecular weight excluding hydrogens is 204 g/mol. The first-order chi connectivity index (χ1) is 7.88. The molecule has 0 spiro atoms. The second-order valence-electron chi connectivity index (χ2n) is 4.36. The Hall–Kier alpha value is -0.940. The highest BCUT2D eigenvalue weighted by atomic mass is 16.5. The summed E-state index contributed by atoms with van der Waals surface area (Å²) in [4.78, 5) is 6.43. The van der Waals surface area contributed by atoms with E-state index in [1.807, 2.05) is 0 Å². The van der Waals surface area contributed by atoms with Gasteiger partial charge in [0.1, 0.15) is 0 Å². The van der Waals surface area contributed by atoms with Crippen LogP contribution in [-0.2, 0) is 6.54 Å². The van der Waals surface area contributed by atoms with E-state index in [4.69, 9.17) is 4.52 Å². The Morgan fingerprint density at radius 2 is 2.31 bits per heavy atom. The van der Waals surface area contributed by atoms with E-state index in [9.17, 15) is 0 Å². The summed E-state index contributed by atoms with van der Waals surface area (Å²) in [7, 11) is 0. The summed E-state index contributed by atoms with van der Waals surface area (Å²) in [6.07, 6.45) is 4.00. The van der Waals surface area contributed by atoms with Crippen LogP contribution in [0.3, 0.4) is 0 Å². The molecular formula is C11H20N4O. The van der Waals surface area contributed by atoms with Crippen molar-refractivity contribution in [3.8, 4) is 0 Å². The summed E-state index contributed by atoms with van der Waals surface area (Å²) in [6.45, 7) is 7.46. The van der Waals surface area contributed by atoms with Crippen molar-refractivity contribution in [3.05, 3.63) is 12.2 Å². The molecule has 90 valence electrons. The number of rotatable bonds is 5. The topological polar surface area (TPSA) is 54.2 Å². The first kappa shape index (κ1) is 11.5. The lowest BCUT2D eigenvalue weighted by atomic mass is 9.97. The molecule has 2 rings (SSSR count). The molecule has 2 heterocycles. The van der Waals surface area contributed by atoms with Crippen molar-refractivity contribution in [2.75, 3.05) is 26.2 Å². The summed E-state index contributed by atoms with van der Waals surface area (Å²) in [5.41, 5.74) is 0. The van der Waals surface area contributed by atoms with E-state index in [-0.39, 0.29) is 0 Å². The lowest BCUT2D eigenvalue weighted by Crippen LogP contribution is -2.36. The normalized spacial score (nSPS) is 19.1. The average molecular weight is 224 g/mol. The van der Waals surface area contributed by atoms with Crippen molar-refractivity contribution in [2.45, 2.75) is 26.3 Å². The minimum Gasteiger partial charge on any atom is -0.338 e. The molecule has 5 nitrogen and oxygen atoms in total. The fraction of sp³-hybridized carbons (Fsp3) is 0.818. The van der Waals surface area contributed by atoms with E-state index >= 15 is 0 Å². The highest BCUT2D eigenvalue weighted by Gasteiger charge is 2.19. The van der Waals surface area contributed by atoms with Gasteiger partial charge in [-0.3, -0.25) is 4.90 Å². The van der Waals surface area contributed by atoms with Gasteiger partial charge in [0.25, 0.3) is 0 Å². The summed E-state index contributed by atoms with van der Waals surface area (Å²) in [5, 5.41) is 7.04. The van der Waals surface area contributed by atoms with Crippen LogP contribution in [0.2, 0.25) is 0 Å². The first-order valence-corrected chi connectivity index (χ1v) is 6.07. The van der Waals surface area contributed by atoms with Crippen molar-refractivity contribution < 1.29 is 4.52 Å². The van der Waals surface area contributed by atoms with Crippen molar-refractivity contribution in [1.29, 1.82) is 0 Å². The van der Waals surface area contributed by atoms with Crippen LogP contribution in [0.25, 0.3) is 0 Å². The van der Waals surface area contributed by atoms with Crippen molar-refractivity contribution in [3.63, 3.8) is 0 Å². The van der Waals surface area contributed by atoms with Crippen LogP contribution in [0, 0.1) is 5.92 Å². The van der Waals surface area contributed by atoms with Crippen LogP contribution in [0.1, 0.15) is 25.7 Å². The SMILES string of the molecule is CCNCC1CCN(Cc2ncno2)CC1. The molecule has 1 aromatic rings. The molecule has 1 fully saturated rings. The van der Waals surface area contributed by atoms with Crippen LogP contribution in [0.15, 0.2) is 10.9 Å². The third kappa shape index (κ3) is 3.28. The lowest BCUT2D eigenvalue weighted by Gasteiger charge is -2.30. The molecule has 5 heteroatoms. The summed E-state index contributed by atoms with van der Waals surface area (Å²) < 4.78 is 5.01. The maximum absolute atomic E-state index is 5.01. The van der Waals surface area contributed by atoms with Crippen LogP contribution < -0.4 is 5.32 Å². The largest absolute Gasteiger partial charge is 0.338 e. The predicted octanol–water partition coefficient (Wildman–Crippen LogP) is 0.891. The third-order valence-electron chi connectivity index (χ3n) is 3.16. The molecule has 0 atom stereocenters. The van der Waals surface area contributed by atoms with E-state index in [0.29, 0.717) is 0 Å². The number of aromatic nitrogens is 2. The van der Waals surface area contributed by atoms with E-state index in [0.717, 1.165) is 44.5 Å². The zero-order valence-electron chi connectivity index (χ0n) is 9.85. The number of nitrogens with one attached hydrogen (secondary N) is 1. The highest BCUT2D eigenvalue weighted by molar-refractivity contribution is 4.79. The molecule has 0 aromatic carbocycles. The number of hydrogen-bond acceptors (Lipinski definition) is 5. The Bertz CT molecular complexity index is 280. The van der Waals surface area contributed by atoms with Gasteiger partial charge in [-0.1, -0.05) is 12.1 Å². The minimum absolute atomic E-state index is 0.727. The van der Waals surface area contributed by atoms with Gasteiger partial charge < -0.3 is 9.84 Å². The van der Waals surface area contributed by atoms with Crippen LogP contribution in [0.5, 0.6) is 0 Å².